The Morgan fingerprint density at radius 2 is 1.67 bits per heavy atom. The minimum Gasteiger partial charge on any atom is -0.454 e. The van der Waals surface area contributed by atoms with Gasteiger partial charge in [-0.05, 0) is 24.6 Å². The van der Waals surface area contributed by atoms with Crippen molar-refractivity contribution in [2.24, 2.45) is 22.7 Å². The molecule has 242 valence electrons. The maximum Gasteiger partial charge on any atom is 0.509 e. The Bertz CT molecular complexity index is 1520. The van der Waals surface area contributed by atoms with Crippen molar-refractivity contribution >= 4 is 29.8 Å². The molecule has 13 heteroatoms. The molecule has 2 heterocycles. The summed E-state index contributed by atoms with van der Waals surface area (Å²) < 4.78 is 35.4. The van der Waals surface area contributed by atoms with Gasteiger partial charge in [0.2, 0.25) is 11.4 Å². The van der Waals surface area contributed by atoms with E-state index in [1.165, 1.54) is 26.0 Å². The van der Waals surface area contributed by atoms with Crippen molar-refractivity contribution in [1.82, 2.24) is 0 Å². The van der Waals surface area contributed by atoms with Crippen LogP contribution in [-0.4, -0.2) is 88.4 Å². The molecule has 0 aromatic heterocycles. The SMILES string of the molecule is CC(=O)OC1=C2C(C)[C@@H](O)[C@@H]3OC(=O)O[C@]3([C@@H](OC(=O)c3ccccc3)[C@@H]3[C@]4(OC(C)=O)CO[C@@H]4C[C@H](O)[C@@]3(C)C1=O)C2(C)C. The first kappa shape index (κ1) is 31.2. The number of Topliss-reactive ketones (excluding diaryl/α,β-unsaturated/α-hetero) is 1. The Morgan fingerprint density at radius 1 is 1.00 bits per heavy atom. The zero-order chi connectivity index (χ0) is 32.9. The third-order valence-corrected chi connectivity index (χ3v) is 10.7. The number of fused-ring (bicyclic) bond motifs is 4. The van der Waals surface area contributed by atoms with Gasteiger partial charge in [-0.2, -0.15) is 0 Å². The highest BCUT2D eigenvalue weighted by atomic mass is 16.8. The Kier molecular flexibility index (Phi) is 7.00. The van der Waals surface area contributed by atoms with Crippen LogP contribution < -0.4 is 0 Å². The van der Waals surface area contributed by atoms with E-state index in [9.17, 15) is 34.2 Å². The zero-order valence-corrected chi connectivity index (χ0v) is 25.7. The number of rotatable bonds is 4. The van der Waals surface area contributed by atoms with E-state index in [0.29, 0.717) is 0 Å². The van der Waals surface area contributed by atoms with Gasteiger partial charge in [0, 0.05) is 31.6 Å². The summed E-state index contributed by atoms with van der Waals surface area (Å²) in [6.45, 7) is 8.21. The van der Waals surface area contributed by atoms with Crippen LogP contribution in [-0.2, 0) is 42.8 Å². The van der Waals surface area contributed by atoms with Gasteiger partial charge in [-0.25, -0.2) is 9.59 Å². The molecule has 2 N–H and O–H groups in total. The van der Waals surface area contributed by atoms with Crippen LogP contribution in [0.2, 0.25) is 0 Å². The van der Waals surface area contributed by atoms with E-state index in [0.717, 1.165) is 6.92 Å². The minimum atomic E-state index is -2.10. The lowest BCUT2D eigenvalue weighted by molar-refractivity contribution is -0.345. The van der Waals surface area contributed by atoms with E-state index in [1.54, 1.807) is 39.0 Å². The van der Waals surface area contributed by atoms with E-state index < -0.39 is 100.0 Å². The van der Waals surface area contributed by atoms with Crippen LogP contribution in [0.5, 0.6) is 0 Å². The van der Waals surface area contributed by atoms with Crippen LogP contribution in [0.25, 0.3) is 0 Å². The standard InChI is InChI=1S/C32H36O13/c1-14-20-22(41-15(2)33)24(37)30(6)18(35)12-19-31(13-40-19,44-16(3)34)23(30)26(42-27(38)17-10-8-7-9-11-17)32(29(20,4)5)25(21(14)36)43-28(39)45-32/h7-11,14,18-19,21,23,25-26,35-36H,12-13H2,1-6H3/t14?,18-,19+,21+,23-,25-,26-,30+,31-,32+/m0/s1. The van der Waals surface area contributed by atoms with Gasteiger partial charge < -0.3 is 38.6 Å². The number of carbonyl (C=O) groups excluding carboxylic acids is 5. The summed E-state index contributed by atoms with van der Waals surface area (Å²) in [5.41, 5.74) is -7.09. The number of benzene rings is 1. The number of hydrogen-bond acceptors (Lipinski definition) is 13. The van der Waals surface area contributed by atoms with Crippen molar-refractivity contribution in [1.29, 1.82) is 0 Å². The van der Waals surface area contributed by atoms with Crippen molar-refractivity contribution in [3.63, 3.8) is 0 Å². The Balaban J connectivity index is 1.74. The monoisotopic (exact) mass is 628 g/mol. The fourth-order valence-corrected chi connectivity index (χ4v) is 8.64. The predicted molar refractivity (Wildman–Crippen MR) is 149 cm³/mol. The van der Waals surface area contributed by atoms with Gasteiger partial charge in [0.15, 0.2) is 23.6 Å². The number of ketones is 1. The Labute approximate surface area is 258 Å². The van der Waals surface area contributed by atoms with Gasteiger partial charge >= 0.3 is 24.1 Å². The van der Waals surface area contributed by atoms with E-state index in [2.05, 4.69) is 0 Å². The summed E-state index contributed by atoms with van der Waals surface area (Å²) in [5, 5.41) is 23.5. The van der Waals surface area contributed by atoms with Gasteiger partial charge in [-0.1, -0.05) is 39.0 Å². The summed E-state index contributed by atoms with van der Waals surface area (Å²) >= 11 is 0. The maximum atomic E-state index is 15.0. The van der Waals surface area contributed by atoms with Crippen LogP contribution in [0.4, 0.5) is 4.79 Å². The molecule has 1 aromatic carbocycles. The zero-order valence-electron chi connectivity index (χ0n) is 25.7. The molecule has 6 rings (SSSR count). The molecular formula is C32H36O13. The van der Waals surface area contributed by atoms with E-state index >= 15 is 0 Å². The number of aliphatic hydroxyl groups is 2. The average Bonchev–Trinajstić information content (AvgIpc) is 3.34. The van der Waals surface area contributed by atoms with Crippen molar-refractivity contribution in [3.8, 4) is 0 Å². The van der Waals surface area contributed by atoms with Crippen molar-refractivity contribution in [2.75, 3.05) is 6.61 Å². The molecule has 2 bridgehead atoms. The molecule has 1 aromatic rings. The molecule has 13 nitrogen and oxygen atoms in total. The van der Waals surface area contributed by atoms with Gasteiger partial charge in [0.05, 0.1) is 29.6 Å². The second-order valence-corrected chi connectivity index (χ2v) is 13.3. The summed E-state index contributed by atoms with van der Waals surface area (Å²) in [6, 6.07) is 7.93. The topological polar surface area (TPSA) is 181 Å². The predicted octanol–water partition coefficient (Wildman–Crippen LogP) is 2.01. The number of allylic oxidation sites excluding steroid dienone is 1. The van der Waals surface area contributed by atoms with Crippen LogP contribution in [0.15, 0.2) is 41.7 Å². The number of hydrogen-bond donors (Lipinski definition) is 2. The molecule has 3 aliphatic carbocycles. The molecule has 5 aliphatic rings. The number of ether oxygens (including phenoxy) is 6. The first-order chi connectivity index (χ1) is 21.0. The summed E-state index contributed by atoms with van der Waals surface area (Å²) in [7, 11) is 0. The average molecular weight is 629 g/mol. The molecular weight excluding hydrogens is 592 g/mol. The molecule has 0 radical (unpaired) electrons. The first-order valence-electron chi connectivity index (χ1n) is 14.8. The van der Waals surface area contributed by atoms with Gasteiger partial charge in [-0.15, -0.1) is 0 Å². The molecule has 1 unspecified atom stereocenters. The van der Waals surface area contributed by atoms with Crippen molar-refractivity contribution < 1.29 is 62.6 Å². The third-order valence-electron chi connectivity index (χ3n) is 10.7. The van der Waals surface area contributed by atoms with Crippen molar-refractivity contribution in [2.45, 2.75) is 89.7 Å². The summed E-state index contributed by atoms with van der Waals surface area (Å²) in [6.07, 6.45) is -8.51. The molecule has 10 atom stereocenters. The highest BCUT2D eigenvalue weighted by molar-refractivity contribution is 6.02. The molecule has 2 saturated heterocycles. The quantitative estimate of drug-likeness (QED) is 0.365. The van der Waals surface area contributed by atoms with Crippen LogP contribution in [0.3, 0.4) is 0 Å². The Hall–Kier alpha value is -3.81. The van der Waals surface area contributed by atoms with E-state index in [1.807, 2.05) is 0 Å². The second-order valence-electron chi connectivity index (χ2n) is 13.3. The number of aliphatic hydroxyl groups excluding tert-OH is 2. The third kappa shape index (κ3) is 3.99. The summed E-state index contributed by atoms with van der Waals surface area (Å²) in [4.78, 5) is 67.3. The van der Waals surface area contributed by atoms with Crippen molar-refractivity contribution in [3.05, 3.63) is 47.2 Å². The maximum absolute atomic E-state index is 15.0. The minimum absolute atomic E-state index is 0.103. The Morgan fingerprint density at radius 3 is 2.24 bits per heavy atom. The highest BCUT2D eigenvalue weighted by Crippen LogP contribution is 2.67. The van der Waals surface area contributed by atoms with E-state index in [-0.39, 0.29) is 24.2 Å². The molecule has 1 spiro atoms. The first-order valence-corrected chi connectivity index (χ1v) is 14.8. The largest absolute Gasteiger partial charge is 0.509 e. The van der Waals surface area contributed by atoms with Crippen LogP contribution in [0, 0.1) is 22.7 Å². The molecule has 2 saturated carbocycles. The fourth-order valence-electron chi connectivity index (χ4n) is 8.64. The number of esters is 3. The lowest BCUT2D eigenvalue weighted by Crippen LogP contribution is -2.82. The molecule has 2 aliphatic heterocycles. The fraction of sp³-hybridized carbons (Fsp3) is 0.594. The molecule has 4 fully saturated rings. The lowest BCUT2D eigenvalue weighted by atomic mass is 9.44. The smallest absolute Gasteiger partial charge is 0.454 e. The summed E-state index contributed by atoms with van der Waals surface area (Å²) in [5.74, 6) is -6.18. The van der Waals surface area contributed by atoms with Gasteiger partial charge in [0.1, 0.15) is 12.2 Å². The van der Waals surface area contributed by atoms with Gasteiger partial charge in [0.25, 0.3) is 0 Å². The van der Waals surface area contributed by atoms with Crippen LogP contribution >= 0.6 is 0 Å². The molecule has 45 heavy (non-hydrogen) atoms. The van der Waals surface area contributed by atoms with Crippen LogP contribution in [0.1, 0.15) is 58.3 Å². The van der Waals surface area contributed by atoms with E-state index in [4.69, 9.17) is 28.4 Å². The lowest BCUT2D eigenvalue weighted by Gasteiger charge is -2.67. The highest BCUT2D eigenvalue weighted by Gasteiger charge is 2.82. The number of carbonyl (C=O) groups is 5. The van der Waals surface area contributed by atoms with Gasteiger partial charge in [-0.3, -0.25) is 14.4 Å². The normalized spacial score (nSPS) is 41.0. The molecule has 0 amide bonds. The second kappa shape index (κ2) is 10.1.